The van der Waals surface area contributed by atoms with Crippen molar-refractivity contribution < 1.29 is 9.90 Å². The summed E-state index contributed by atoms with van der Waals surface area (Å²) in [5, 5.41) is 16.6. The van der Waals surface area contributed by atoms with Crippen molar-refractivity contribution in [3.8, 4) is 0 Å². The Kier molecular flexibility index (Phi) is 2.48. The van der Waals surface area contributed by atoms with Crippen LogP contribution in [0.3, 0.4) is 0 Å². The van der Waals surface area contributed by atoms with Crippen molar-refractivity contribution in [2.24, 2.45) is 12.5 Å². The first-order valence-electron chi connectivity index (χ1n) is 5.05. The lowest BCUT2D eigenvalue weighted by Crippen LogP contribution is -2.35. The second-order valence-corrected chi connectivity index (χ2v) is 4.17. The highest BCUT2D eigenvalue weighted by molar-refractivity contribution is 5.75. The number of aliphatic carboxylic acids is 1. The summed E-state index contributed by atoms with van der Waals surface area (Å²) < 4.78 is 1.70. The molecule has 0 aliphatic carbocycles. The summed E-state index contributed by atoms with van der Waals surface area (Å²) in [5.74, 6) is -0.724. The minimum atomic E-state index is -0.724. The third-order valence-electron chi connectivity index (χ3n) is 2.99. The number of aromatic nitrogens is 2. The normalized spacial score (nSPS) is 25.7. The van der Waals surface area contributed by atoms with E-state index >= 15 is 0 Å². The first-order valence-corrected chi connectivity index (χ1v) is 5.05. The van der Waals surface area contributed by atoms with Crippen LogP contribution in [0.1, 0.15) is 12.1 Å². The van der Waals surface area contributed by atoms with Gasteiger partial charge in [-0.15, -0.1) is 0 Å². The van der Waals surface area contributed by atoms with Gasteiger partial charge in [-0.25, -0.2) is 0 Å². The van der Waals surface area contributed by atoms with Crippen molar-refractivity contribution in [3.63, 3.8) is 0 Å². The van der Waals surface area contributed by atoms with Gasteiger partial charge in [0, 0.05) is 26.2 Å². The molecule has 1 aliphatic rings. The van der Waals surface area contributed by atoms with E-state index in [0.717, 1.165) is 12.2 Å². The van der Waals surface area contributed by atoms with Crippen LogP contribution in [-0.4, -0.2) is 33.9 Å². The molecule has 0 spiro atoms. The first kappa shape index (κ1) is 10.2. The van der Waals surface area contributed by atoms with E-state index in [-0.39, 0.29) is 0 Å². The van der Waals surface area contributed by atoms with E-state index in [0.29, 0.717) is 19.4 Å². The highest BCUT2D eigenvalue weighted by Gasteiger charge is 2.41. The van der Waals surface area contributed by atoms with Crippen LogP contribution in [0.25, 0.3) is 0 Å². The fourth-order valence-electron chi connectivity index (χ4n) is 2.06. The molecule has 1 atom stereocenters. The molecule has 1 aromatic rings. The molecule has 0 bridgehead atoms. The molecule has 0 radical (unpaired) electrons. The standard InChI is InChI=1S/C10H15N3O2/c1-13-5-2-8(12-13)6-10(9(14)15)3-4-11-7-10/h2,5,11H,3-4,6-7H2,1H3,(H,14,15). The minimum absolute atomic E-state index is 0.510. The van der Waals surface area contributed by atoms with Crippen LogP contribution in [-0.2, 0) is 18.3 Å². The fraction of sp³-hybridized carbons (Fsp3) is 0.600. The maximum atomic E-state index is 11.3. The summed E-state index contributed by atoms with van der Waals surface area (Å²) in [5.41, 5.74) is 0.192. The van der Waals surface area contributed by atoms with Gasteiger partial charge in [0.1, 0.15) is 0 Å². The Balaban J connectivity index is 2.17. The number of nitrogens with zero attached hydrogens (tertiary/aromatic N) is 2. The quantitative estimate of drug-likeness (QED) is 0.737. The van der Waals surface area contributed by atoms with E-state index in [4.69, 9.17) is 0 Å². The molecule has 0 saturated carbocycles. The van der Waals surface area contributed by atoms with Crippen molar-refractivity contribution in [1.29, 1.82) is 0 Å². The zero-order valence-corrected chi connectivity index (χ0v) is 8.73. The predicted octanol–water partition coefficient (Wildman–Crippen LogP) is 0.0269. The summed E-state index contributed by atoms with van der Waals surface area (Å²) >= 11 is 0. The lowest BCUT2D eigenvalue weighted by molar-refractivity contribution is -0.147. The van der Waals surface area contributed by atoms with Crippen molar-refractivity contribution >= 4 is 5.97 Å². The summed E-state index contributed by atoms with van der Waals surface area (Å²) in [6.07, 6.45) is 3.03. The number of hydrogen-bond acceptors (Lipinski definition) is 3. The Morgan fingerprint density at radius 3 is 3.07 bits per heavy atom. The van der Waals surface area contributed by atoms with Gasteiger partial charge in [0.15, 0.2) is 0 Å². The zero-order valence-electron chi connectivity index (χ0n) is 8.73. The van der Waals surface area contributed by atoms with Crippen molar-refractivity contribution in [2.45, 2.75) is 12.8 Å². The number of aryl methyl sites for hydroxylation is 1. The number of rotatable bonds is 3. The Morgan fingerprint density at radius 1 is 1.80 bits per heavy atom. The number of carboxylic acid groups (broad SMARTS) is 1. The molecular formula is C10H15N3O2. The number of hydrogen-bond donors (Lipinski definition) is 2. The van der Waals surface area contributed by atoms with E-state index < -0.39 is 11.4 Å². The largest absolute Gasteiger partial charge is 0.481 e. The second kappa shape index (κ2) is 3.66. The number of nitrogens with one attached hydrogen (secondary N) is 1. The number of carboxylic acids is 1. The molecule has 2 N–H and O–H groups in total. The minimum Gasteiger partial charge on any atom is -0.481 e. The lowest BCUT2D eigenvalue weighted by Gasteiger charge is -2.21. The smallest absolute Gasteiger partial charge is 0.311 e. The van der Waals surface area contributed by atoms with Crippen LogP contribution in [0.15, 0.2) is 12.3 Å². The van der Waals surface area contributed by atoms with Gasteiger partial charge in [-0.05, 0) is 19.0 Å². The Bertz CT molecular complexity index is 366. The van der Waals surface area contributed by atoms with Gasteiger partial charge in [-0.2, -0.15) is 5.10 Å². The third-order valence-corrected chi connectivity index (χ3v) is 2.99. The molecule has 1 saturated heterocycles. The SMILES string of the molecule is Cn1ccc(CC2(C(=O)O)CCNC2)n1. The molecule has 2 heterocycles. The summed E-state index contributed by atoms with van der Waals surface area (Å²) in [4.78, 5) is 11.3. The molecule has 0 amide bonds. The molecular weight excluding hydrogens is 194 g/mol. The van der Waals surface area contributed by atoms with Crippen LogP contribution >= 0.6 is 0 Å². The molecule has 1 fully saturated rings. The van der Waals surface area contributed by atoms with Gasteiger partial charge in [0.2, 0.25) is 0 Å². The fourth-order valence-corrected chi connectivity index (χ4v) is 2.06. The average molecular weight is 209 g/mol. The van der Waals surface area contributed by atoms with Crippen molar-refractivity contribution in [1.82, 2.24) is 15.1 Å². The van der Waals surface area contributed by atoms with Crippen LogP contribution in [0.2, 0.25) is 0 Å². The van der Waals surface area contributed by atoms with Crippen LogP contribution in [0.4, 0.5) is 0 Å². The first-order chi connectivity index (χ1) is 7.12. The monoisotopic (exact) mass is 209 g/mol. The van der Waals surface area contributed by atoms with Gasteiger partial charge < -0.3 is 10.4 Å². The molecule has 5 nitrogen and oxygen atoms in total. The zero-order chi connectivity index (χ0) is 10.9. The number of carbonyl (C=O) groups is 1. The van der Waals surface area contributed by atoms with E-state index in [1.165, 1.54) is 0 Å². The maximum Gasteiger partial charge on any atom is 0.311 e. The van der Waals surface area contributed by atoms with Gasteiger partial charge in [0.05, 0.1) is 11.1 Å². The van der Waals surface area contributed by atoms with E-state index in [1.54, 1.807) is 4.68 Å². The van der Waals surface area contributed by atoms with Crippen LogP contribution < -0.4 is 5.32 Å². The van der Waals surface area contributed by atoms with Gasteiger partial charge >= 0.3 is 5.97 Å². The summed E-state index contributed by atoms with van der Waals surface area (Å²) in [6, 6.07) is 1.88. The average Bonchev–Trinajstić information content (AvgIpc) is 2.77. The van der Waals surface area contributed by atoms with E-state index in [9.17, 15) is 9.90 Å². The highest BCUT2D eigenvalue weighted by Crippen LogP contribution is 2.29. The Hall–Kier alpha value is -1.36. The molecule has 5 heteroatoms. The molecule has 2 rings (SSSR count). The molecule has 1 aromatic heterocycles. The van der Waals surface area contributed by atoms with Gasteiger partial charge in [-0.1, -0.05) is 0 Å². The van der Waals surface area contributed by atoms with Crippen LogP contribution in [0, 0.1) is 5.41 Å². The molecule has 82 valence electrons. The predicted molar refractivity (Wildman–Crippen MR) is 54.5 cm³/mol. The van der Waals surface area contributed by atoms with Crippen molar-refractivity contribution in [2.75, 3.05) is 13.1 Å². The summed E-state index contributed by atoms with van der Waals surface area (Å²) in [7, 11) is 1.84. The molecule has 1 aliphatic heterocycles. The van der Waals surface area contributed by atoms with Crippen LogP contribution in [0.5, 0.6) is 0 Å². The van der Waals surface area contributed by atoms with E-state index in [2.05, 4.69) is 10.4 Å². The highest BCUT2D eigenvalue weighted by atomic mass is 16.4. The lowest BCUT2D eigenvalue weighted by atomic mass is 9.82. The molecule has 15 heavy (non-hydrogen) atoms. The van der Waals surface area contributed by atoms with E-state index in [1.807, 2.05) is 19.3 Å². The Morgan fingerprint density at radius 2 is 2.60 bits per heavy atom. The summed E-state index contributed by atoms with van der Waals surface area (Å²) in [6.45, 7) is 1.32. The molecule has 1 unspecified atom stereocenters. The second-order valence-electron chi connectivity index (χ2n) is 4.17. The van der Waals surface area contributed by atoms with Crippen molar-refractivity contribution in [3.05, 3.63) is 18.0 Å². The molecule has 0 aromatic carbocycles. The van der Waals surface area contributed by atoms with Gasteiger partial charge in [0.25, 0.3) is 0 Å². The third kappa shape index (κ3) is 1.87. The topological polar surface area (TPSA) is 67.2 Å². The Labute approximate surface area is 88.1 Å². The van der Waals surface area contributed by atoms with Gasteiger partial charge in [-0.3, -0.25) is 9.48 Å². The maximum absolute atomic E-state index is 11.3.